The average Bonchev–Trinajstić information content (AvgIpc) is 3.26. The Morgan fingerprint density at radius 3 is 2.30 bits per heavy atom. The molecule has 1 aliphatic rings. The highest BCUT2D eigenvalue weighted by Crippen LogP contribution is 2.39. The van der Waals surface area contributed by atoms with Crippen LogP contribution in [0.4, 0.5) is 0 Å². The third kappa shape index (κ3) is 16.9. The molecule has 30 heavy (non-hydrogen) atoms. The Kier molecular flexibility index (Phi) is 18.1. The van der Waals surface area contributed by atoms with E-state index in [0.29, 0.717) is 52.4 Å². The predicted octanol–water partition coefficient (Wildman–Crippen LogP) is 3.55. The lowest BCUT2D eigenvalue weighted by Gasteiger charge is -2.08. The maximum Gasteiger partial charge on any atom is 0.220 e. The van der Waals surface area contributed by atoms with Crippen LogP contribution in [0.5, 0.6) is 0 Å². The van der Waals surface area contributed by atoms with Crippen LogP contribution >= 0.6 is 21.6 Å². The number of terminal acetylenes is 1. The van der Waals surface area contributed by atoms with Crippen LogP contribution in [0, 0.1) is 12.3 Å². The van der Waals surface area contributed by atoms with E-state index in [1.165, 1.54) is 18.6 Å². The molecule has 1 rings (SSSR count). The Labute approximate surface area is 190 Å². The van der Waals surface area contributed by atoms with Crippen molar-refractivity contribution in [3.63, 3.8) is 0 Å². The van der Waals surface area contributed by atoms with Gasteiger partial charge in [0.15, 0.2) is 0 Å². The van der Waals surface area contributed by atoms with Gasteiger partial charge in [0.25, 0.3) is 0 Å². The zero-order chi connectivity index (χ0) is 21.7. The van der Waals surface area contributed by atoms with Crippen LogP contribution in [0.3, 0.4) is 0 Å². The molecule has 1 heterocycles. The minimum Gasteiger partial charge on any atom is -0.379 e. The fourth-order valence-electron chi connectivity index (χ4n) is 2.94. The van der Waals surface area contributed by atoms with Gasteiger partial charge in [0, 0.05) is 43.6 Å². The van der Waals surface area contributed by atoms with E-state index >= 15 is 0 Å². The fraction of sp³-hybridized carbons (Fsp3) is 0.818. The van der Waals surface area contributed by atoms with E-state index in [9.17, 15) is 9.59 Å². The molecule has 6 nitrogen and oxygen atoms in total. The molecular weight excluding hydrogens is 420 g/mol. The first-order valence-electron chi connectivity index (χ1n) is 11.1. The molecule has 1 aliphatic heterocycles. The van der Waals surface area contributed by atoms with Crippen molar-refractivity contribution in [2.75, 3.05) is 45.3 Å². The van der Waals surface area contributed by atoms with Crippen molar-refractivity contribution in [2.24, 2.45) is 0 Å². The van der Waals surface area contributed by atoms with E-state index in [2.05, 4.69) is 16.6 Å². The van der Waals surface area contributed by atoms with Crippen LogP contribution in [0.15, 0.2) is 0 Å². The molecule has 0 aliphatic carbocycles. The van der Waals surface area contributed by atoms with Crippen molar-refractivity contribution in [1.82, 2.24) is 10.6 Å². The maximum absolute atomic E-state index is 11.8. The summed E-state index contributed by atoms with van der Waals surface area (Å²) in [6, 6.07) is 0. The van der Waals surface area contributed by atoms with Crippen LogP contribution in [0.2, 0.25) is 0 Å². The third-order valence-electron chi connectivity index (χ3n) is 4.65. The van der Waals surface area contributed by atoms with Crippen molar-refractivity contribution < 1.29 is 19.1 Å². The van der Waals surface area contributed by atoms with Crippen LogP contribution in [0.25, 0.3) is 0 Å². The molecule has 0 radical (unpaired) electrons. The Morgan fingerprint density at radius 1 is 0.900 bits per heavy atom. The normalized spacial score (nSPS) is 15.6. The number of hydrogen-bond donors (Lipinski definition) is 2. The summed E-state index contributed by atoms with van der Waals surface area (Å²) in [5.74, 6) is 3.82. The van der Waals surface area contributed by atoms with Crippen molar-refractivity contribution >= 4 is 33.4 Å². The molecule has 0 aromatic rings. The zero-order valence-corrected chi connectivity index (χ0v) is 19.8. The second kappa shape index (κ2) is 20.0. The van der Waals surface area contributed by atoms with Crippen molar-refractivity contribution in [3.8, 4) is 12.3 Å². The van der Waals surface area contributed by atoms with Gasteiger partial charge >= 0.3 is 0 Å². The third-order valence-corrected chi connectivity index (χ3v) is 7.65. The van der Waals surface area contributed by atoms with Crippen molar-refractivity contribution in [2.45, 2.75) is 69.5 Å². The minimum atomic E-state index is 0.0104. The number of carbonyl (C=O) groups excluding carboxylic acids is 2. The Balaban J connectivity index is 1.73. The first-order valence-corrected chi connectivity index (χ1v) is 13.5. The predicted molar refractivity (Wildman–Crippen MR) is 126 cm³/mol. The number of unbranched alkanes of at least 4 members (excludes halogenated alkanes) is 3. The summed E-state index contributed by atoms with van der Waals surface area (Å²) in [6.45, 7) is 3.43. The van der Waals surface area contributed by atoms with Gasteiger partial charge in [-0.2, -0.15) is 0 Å². The molecule has 2 N–H and O–H groups in total. The van der Waals surface area contributed by atoms with E-state index in [1.807, 2.05) is 21.6 Å². The van der Waals surface area contributed by atoms with E-state index in [-0.39, 0.29) is 11.8 Å². The monoisotopic (exact) mass is 458 g/mol. The van der Waals surface area contributed by atoms with Gasteiger partial charge in [0.05, 0.1) is 19.8 Å². The van der Waals surface area contributed by atoms with Crippen molar-refractivity contribution in [1.29, 1.82) is 0 Å². The molecule has 0 unspecified atom stereocenters. The topological polar surface area (TPSA) is 76.7 Å². The lowest BCUT2D eigenvalue weighted by atomic mass is 10.1. The standard InChI is InChI=1S/C22H38N2O4S2/c1-2-13-23-21(25)10-4-3-7-15-27-17-18-28-16-8-14-24-22(26)11-6-5-9-20-12-19-29-30-20/h1,20H,3-19H2,(H,23,25)(H,24,26)/t20-/m1/s1. The summed E-state index contributed by atoms with van der Waals surface area (Å²) in [7, 11) is 3.99. The van der Waals surface area contributed by atoms with Crippen LogP contribution in [-0.2, 0) is 19.1 Å². The lowest BCUT2D eigenvalue weighted by molar-refractivity contribution is -0.121. The van der Waals surface area contributed by atoms with Gasteiger partial charge in [-0.3, -0.25) is 9.59 Å². The zero-order valence-electron chi connectivity index (χ0n) is 18.1. The van der Waals surface area contributed by atoms with Crippen LogP contribution in [-0.4, -0.2) is 62.3 Å². The highest BCUT2D eigenvalue weighted by atomic mass is 33.1. The molecule has 1 atom stereocenters. The SMILES string of the molecule is C#CCNC(=O)CCCCCOCCOCCCNC(=O)CCCC[C@@H]1CCSS1. The summed E-state index contributed by atoms with van der Waals surface area (Å²) >= 11 is 0. The second-order valence-electron chi connectivity index (χ2n) is 7.29. The van der Waals surface area contributed by atoms with Gasteiger partial charge in [-0.25, -0.2) is 0 Å². The molecule has 0 saturated carbocycles. The average molecular weight is 459 g/mol. The summed E-state index contributed by atoms with van der Waals surface area (Å²) in [5.41, 5.74) is 0. The second-order valence-corrected chi connectivity index (χ2v) is 10.1. The van der Waals surface area contributed by atoms with Crippen LogP contribution < -0.4 is 10.6 Å². The molecular formula is C22H38N2O4S2. The van der Waals surface area contributed by atoms with E-state index < -0.39 is 0 Å². The number of amides is 2. The smallest absolute Gasteiger partial charge is 0.220 e. The molecule has 0 aromatic carbocycles. The first kappa shape index (κ1) is 27.2. The molecule has 8 heteroatoms. The molecule has 1 fully saturated rings. The summed E-state index contributed by atoms with van der Waals surface area (Å²) in [5, 5.41) is 6.42. The van der Waals surface area contributed by atoms with E-state index in [0.717, 1.165) is 43.8 Å². The van der Waals surface area contributed by atoms with E-state index in [4.69, 9.17) is 15.9 Å². The molecule has 0 aromatic heterocycles. The van der Waals surface area contributed by atoms with Gasteiger partial charge in [-0.05, 0) is 38.5 Å². The summed E-state index contributed by atoms with van der Waals surface area (Å²) in [6.07, 6.45) is 14.5. The Bertz CT molecular complexity index is 494. The number of nitrogens with one attached hydrogen (secondary N) is 2. The summed E-state index contributed by atoms with van der Waals surface area (Å²) in [4.78, 5) is 23.1. The van der Waals surface area contributed by atoms with Gasteiger partial charge in [-0.1, -0.05) is 40.3 Å². The molecule has 1 saturated heterocycles. The molecule has 2 amide bonds. The highest BCUT2D eigenvalue weighted by molar-refractivity contribution is 8.77. The fourth-order valence-corrected chi connectivity index (χ4v) is 5.97. The van der Waals surface area contributed by atoms with E-state index in [1.54, 1.807) is 0 Å². The minimum absolute atomic E-state index is 0.0104. The molecule has 172 valence electrons. The van der Waals surface area contributed by atoms with Gasteiger partial charge < -0.3 is 20.1 Å². The number of carbonyl (C=O) groups is 2. The quantitative estimate of drug-likeness (QED) is 0.175. The number of ether oxygens (including phenoxy) is 2. The largest absolute Gasteiger partial charge is 0.379 e. The lowest BCUT2D eigenvalue weighted by Crippen LogP contribution is -2.25. The molecule has 0 bridgehead atoms. The summed E-state index contributed by atoms with van der Waals surface area (Å²) < 4.78 is 11.0. The number of rotatable bonds is 19. The van der Waals surface area contributed by atoms with Gasteiger partial charge in [0.2, 0.25) is 11.8 Å². The van der Waals surface area contributed by atoms with Gasteiger partial charge in [0.1, 0.15) is 0 Å². The first-order chi connectivity index (χ1) is 14.7. The number of hydrogen-bond acceptors (Lipinski definition) is 6. The highest BCUT2D eigenvalue weighted by Gasteiger charge is 2.15. The van der Waals surface area contributed by atoms with Crippen molar-refractivity contribution in [3.05, 3.63) is 0 Å². The van der Waals surface area contributed by atoms with Gasteiger partial charge in [-0.15, -0.1) is 6.42 Å². The maximum atomic E-state index is 11.8. The Morgan fingerprint density at radius 2 is 1.60 bits per heavy atom. The Hall–Kier alpha value is -0.880. The molecule has 0 spiro atoms. The van der Waals surface area contributed by atoms with Crippen LogP contribution in [0.1, 0.15) is 64.2 Å².